The zero-order valence-electron chi connectivity index (χ0n) is 11.2. The third-order valence-electron chi connectivity index (χ3n) is 3.29. The van der Waals surface area contributed by atoms with Crippen LogP contribution in [0.2, 0.25) is 0 Å². The fourth-order valence-corrected chi connectivity index (χ4v) is 5.91. The molecule has 0 amide bonds. The van der Waals surface area contributed by atoms with E-state index >= 15 is 0 Å². The molecule has 1 aliphatic heterocycles. The number of benzene rings is 2. The van der Waals surface area contributed by atoms with Gasteiger partial charge in [-0.15, -0.1) is 0 Å². The molecule has 0 atom stereocenters. The highest BCUT2D eigenvalue weighted by molar-refractivity contribution is 14.1. The summed E-state index contributed by atoms with van der Waals surface area (Å²) in [6, 6.07) is 11.5. The highest BCUT2D eigenvalue weighted by Gasteiger charge is 2.36. The van der Waals surface area contributed by atoms with E-state index in [1.54, 1.807) is 0 Å². The van der Waals surface area contributed by atoms with Crippen molar-refractivity contribution in [1.29, 1.82) is 5.26 Å². The summed E-state index contributed by atoms with van der Waals surface area (Å²) >= 11 is 8.88. The molecule has 0 N–H and O–H groups in total. The van der Waals surface area contributed by atoms with Gasteiger partial charge in [-0.3, -0.25) is 0 Å². The largest absolute Gasteiger partial charge is 0.421 e. The molecule has 2 aromatic carbocycles. The Morgan fingerprint density at radius 3 is 2.04 bits per heavy atom. The van der Waals surface area contributed by atoms with Crippen LogP contribution in [-0.4, -0.2) is 5.97 Å². The number of rotatable bonds is 1. The van der Waals surface area contributed by atoms with Crippen molar-refractivity contribution < 1.29 is 9.53 Å². The molecule has 0 saturated heterocycles. The predicted molar refractivity (Wildman–Crippen MR) is 122 cm³/mol. The van der Waals surface area contributed by atoms with Crippen LogP contribution in [0.3, 0.4) is 0 Å². The Morgan fingerprint density at radius 1 is 0.913 bits per heavy atom. The molecule has 23 heavy (non-hydrogen) atoms. The quantitative estimate of drug-likeness (QED) is 0.124. The number of carbonyl (C=O) groups is 1. The van der Waals surface area contributed by atoms with Crippen LogP contribution in [0.15, 0.2) is 30.3 Å². The van der Waals surface area contributed by atoms with Crippen LogP contribution in [0.4, 0.5) is 0 Å². The van der Waals surface area contributed by atoms with Crippen molar-refractivity contribution in [2.45, 2.75) is 0 Å². The maximum absolute atomic E-state index is 12.4. The molecule has 0 saturated carbocycles. The normalized spacial score (nSPS) is 15.0. The van der Waals surface area contributed by atoms with Crippen molar-refractivity contribution in [2.24, 2.45) is 0 Å². The van der Waals surface area contributed by atoms with E-state index in [0.717, 1.165) is 25.4 Å². The van der Waals surface area contributed by atoms with E-state index in [0.29, 0.717) is 16.9 Å². The SMILES string of the molecule is N#C/C(=C1\OC(=O)c2c(I)c(I)c(I)c(I)c21)c1ccccc1. The minimum Gasteiger partial charge on any atom is -0.421 e. The highest BCUT2D eigenvalue weighted by atomic mass is 127. The number of hydrogen-bond acceptors (Lipinski definition) is 3. The Kier molecular flexibility index (Phi) is 5.53. The lowest BCUT2D eigenvalue weighted by molar-refractivity contribution is 0.0715. The molecular formula is C16H5I4NO2. The lowest BCUT2D eigenvalue weighted by Gasteiger charge is -2.10. The molecule has 0 spiro atoms. The number of fused-ring (bicyclic) bond motifs is 1. The number of allylic oxidation sites excluding steroid dienone is 1. The number of ether oxygens (including phenoxy) is 1. The molecule has 3 nitrogen and oxygen atoms in total. The Morgan fingerprint density at radius 2 is 1.48 bits per heavy atom. The first-order valence-electron chi connectivity index (χ1n) is 6.25. The maximum Gasteiger partial charge on any atom is 0.345 e. The van der Waals surface area contributed by atoms with Gasteiger partial charge in [-0.25, -0.2) is 4.79 Å². The van der Waals surface area contributed by atoms with Crippen molar-refractivity contribution in [3.05, 3.63) is 61.3 Å². The summed E-state index contributed by atoms with van der Waals surface area (Å²) in [6.07, 6.45) is 0. The van der Waals surface area contributed by atoms with Crippen molar-refractivity contribution >= 4 is 108 Å². The van der Waals surface area contributed by atoms with E-state index in [-0.39, 0.29) is 0 Å². The Hall–Kier alpha value is 0.0600. The molecule has 0 fully saturated rings. The zero-order chi connectivity index (χ0) is 16.7. The van der Waals surface area contributed by atoms with Crippen LogP contribution >= 0.6 is 90.4 Å². The number of carbonyl (C=O) groups excluding carboxylic acids is 1. The van der Waals surface area contributed by atoms with E-state index in [2.05, 4.69) is 96.4 Å². The Bertz CT molecular complexity index is 914. The molecule has 1 heterocycles. The standard InChI is InChI=1S/C16H5I4NO2/c17-11-9-10(12(18)14(20)13(11)19)16(22)23-15(9)8(6-21)7-4-2-1-3-5-7/h1-5H/b15-8+. The molecule has 0 aromatic heterocycles. The maximum atomic E-state index is 12.4. The third-order valence-corrected chi connectivity index (χ3v) is 10.7. The van der Waals surface area contributed by atoms with Gasteiger partial charge in [-0.1, -0.05) is 30.3 Å². The number of halogens is 4. The highest BCUT2D eigenvalue weighted by Crippen LogP contribution is 2.43. The first kappa shape index (κ1) is 17.9. The summed E-state index contributed by atoms with van der Waals surface area (Å²) in [5.41, 5.74) is 2.40. The topological polar surface area (TPSA) is 50.1 Å². The number of esters is 1. The number of hydrogen-bond donors (Lipinski definition) is 0. The van der Waals surface area contributed by atoms with Crippen molar-refractivity contribution in [2.75, 3.05) is 0 Å². The fourth-order valence-electron chi connectivity index (χ4n) is 2.26. The molecule has 0 aliphatic carbocycles. The first-order chi connectivity index (χ1) is 11.0. The summed E-state index contributed by atoms with van der Waals surface area (Å²) in [4.78, 5) is 12.4. The summed E-state index contributed by atoms with van der Waals surface area (Å²) in [6.45, 7) is 0. The molecule has 2 aromatic rings. The van der Waals surface area contributed by atoms with Crippen molar-refractivity contribution in [1.82, 2.24) is 0 Å². The molecule has 3 rings (SSSR count). The second-order valence-electron chi connectivity index (χ2n) is 4.58. The van der Waals surface area contributed by atoms with E-state index in [4.69, 9.17) is 4.74 Å². The molecule has 0 radical (unpaired) electrons. The van der Waals surface area contributed by atoms with E-state index in [9.17, 15) is 10.1 Å². The minimum absolute atomic E-state index is 0.357. The summed E-state index contributed by atoms with van der Waals surface area (Å²) in [7, 11) is 0. The average molecular weight is 751 g/mol. The van der Waals surface area contributed by atoms with Crippen LogP contribution in [-0.2, 0) is 4.74 Å². The van der Waals surface area contributed by atoms with Crippen LogP contribution in [0.5, 0.6) is 0 Å². The van der Waals surface area contributed by atoms with Crippen molar-refractivity contribution in [3.63, 3.8) is 0 Å². The molecule has 0 bridgehead atoms. The lowest BCUT2D eigenvalue weighted by Crippen LogP contribution is -2.03. The number of nitriles is 1. The van der Waals surface area contributed by atoms with Gasteiger partial charge in [0.05, 0.1) is 5.56 Å². The smallest absolute Gasteiger partial charge is 0.345 e. The molecule has 114 valence electrons. The van der Waals surface area contributed by atoms with Gasteiger partial charge in [-0.05, 0) is 95.9 Å². The third kappa shape index (κ3) is 3.04. The summed E-state index contributed by atoms with van der Waals surface area (Å²) in [5.74, 6) is -0.0364. The monoisotopic (exact) mass is 751 g/mol. The summed E-state index contributed by atoms with van der Waals surface area (Å²) in [5, 5.41) is 9.63. The fraction of sp³-hybridized carbons (Fsp3) is 0. The van der Waals surface area contributed by atoms with Gasteiger partial charge in [0, 0.05) is 19.8 Å². The van der Waals surface area contributed by atoms with Crippen molar-refractivity contribution in [3.8, 4) is 6.07 Å². The molecular weight excluding hydrogens is 746 g/mol. The van der Waals surface area contributed by atoms with Crippen LogP contribution < -0.4 is 0 Å². The van der Waals surface area contributed by atoms with Gasteiger partial charge >= 0.3 is 5.97 Å². The first-order valence-corrected chi connectivity index (χ1v) is 10.6. The number of nitrogens with zero attached hydrogens (tertiary/aromatic N) is 1. The second kappa shape index (κ2) is 7.12. The van der Waals surface area contributed by atoms with Gasteiger partial charge in [0.1, 0.15) is 11.6 Å². The number of cyclic esters (lactones) is 1. The predicted octanol–water partition coefficient (Wildman–Crippen LogP) is 5.67. The van der Waals surface area contributed by atoms with Gasteiger partial charge in [0.2, 0.25) is 0 Å². The second-order valence-corrected chi connectivity index (χ2v) is 8.89. The van der Waals surface area contributed by atoms with Gasteiger partial charge in [0.25, 0.3) is 0 Å². The molecule has 0 unspecified atom stereocenters. The Labute approximate surface area is 187 Å². The van der Waals surface area contributed by atoms with Crippen LogP contribution in [0.1, 0.15) is 21.5 Å². The molecule has 1 aliphatic rings. The van der Waals surface area contributed by atoms with Gasteiger partial charge < -0.3 is 4.74 Å². The van der Waals surface area contributed by atoms with Gasteiger partial charge in [-0.2, -0.15) is 5.26 Å². The zero-order valence-corrected chi connectivity index (χ0v) is 19.8. The van der Waals surface area contributed by atoms with Crippen LogP contribution in [0.25, 0.3) is 11.3 Å². The Balaban J connectivity index is 2.39. The summed E-state index contributed by atoms with van der Waals surface area (Å²) < 4.78 is 9.41. The molecule has 7 heteroatoms. The van der Waals surface area contributed by atoms with E-state index in [1.807, 2.05) is 30.3 Å². The lowest BCUT2D eigenvalue weighted by atomic mass is 10.0. The minimum atomic E-state index is -0.393. The average Bonchev–Trinajstić information content (AvgIpc) is 2.90. The van der Waals surface area contributed by atoms with Gasteiger partial charge in [0.15, 0.2) is 5.76 Å². The van der Waals surface area contributed by atoms with Crippen LogP contribution in [0, 0.1) is 25.6 Å². The van der Waals surface area contributed by atoms with E-state index < -0.39 is 5.97 Å². The van der Waals surface area contributed by atoms with E-state index in [1.165, 1.54) is 0 Å².